The number of rotatable bonds is 4. The molecule has 0 saturated heterocycles. The molecule has 1 aliphatic rings. The molecule has 1 amide bonds. The number of carbonyl (C=O) groups is 1. The third kappa shape index (κ3) is 4.47. The maximum absolute atomic E-state index is 12.4. The second-order valence-corrected chi connectivity index (χ2v) is 7.15. The molecule has 1 fully saturated rings. The lowest BCUT2D eigenvalue weighted by Crippen LogP contribution is -2.56. The van der Waals surface area contributed by atoms with Crippen LogP contribution >= 0.6 is 12.4 Å². The van der Waals surface area contributed by atoms with E-state index in [1.165, 1.54) is 17.5 Å². The van der Waals surface area contributed by atoms with E-state index in [1.807, 2.05) is 0 Å². The maximum Gasteiger partial charge on any atom is 0.240 e. The van der Waals surface area contributed by atoms with Crippen LogP contribution < -0.4 is 11.1 Å². The third-order valence-corrected chi connectivity index (χ3v) is 4.72. The molecule has 1 saturated carbocycles. The minimum Gasteiger partial charge on any atom is -0.354 e. The number of aryl methyl sites for hydroxylation is 1. The quantitative estimate of drug-likeness (QED) is 0.891. The minimum absolute atomic E-state index is 0. The zero-order valence-electron chi connectivity index (χ0n) is 13.9. The summed E-state index contributed by atoms with van der Waals surface area (Å²) in [5.41, 5.74) is 8.03. The molecule has 1 aliphatic carbocycles. The standard InChI is InChI=1S/C18H28N2O.ClH/c1-14-7-9-15(10-8-14)17(2,3)13-20-16(21)18(19)11-5-4-6-12-18;/h7-10H,4-6,11-13,19H2,1-3H3,(H,20,21);1H. The van der Waals surface area contributed by atoms with Gasteiger partial charge < -0.3 is 11.1 Å². The van der Waals surface area contributed by atoms with Crippen LogP contribution in [0.3, 0.4) is 0 Å². The van der Waals surface area contributed by atoms with Gasteiger partial charge in [0.15, 0.2) is 0 Å². The van der Waals surface area contributed by atoms with Crippen molar-refractivity contribution in [2.24, 2.45) is 5.73 Å². The molecule has 3 nitrogen and oxygen atoms in total. The zero-order chi connectivity index (χ0) is 15.5. The highest BCUT2D eigenvalue weighted by Gasteiger charge is 2.36. The molecule has 0 unspecified atom stereocenters. The van der Waals surface area contributed by atoms with Gasteiger partial charge in [0.1, 0.15) is 0 Å². The smallest absolute Gasteiger partial charge is 0.240 e. The van der Waals surface area contributed by atoms with Gasteiger partial charge in [-0.2, -0.15) is 0 Å². The predicted molar refractivity (Wildman–Crippen MR) is 94.5 cm³/mol. The molecule has 0 spiro atoms. The molecule has 3 N–H and O–H groups in total. The van der Waals surface area contributed by atoms with Gasteiger partial charge in [-0.3, -0.25) is 4.79 Å². The number of hydrogen-bond donors (Lipinski definition) is 2. The van der Waals surface area contributed by atoms with Crippen LogP contribution in [0.4, 0.5) is 0 Å². The maximum atomic E-state index is 12.4. The fraction of sp³-hybridized carbons (Fsp3) is 0.611. The van der Waals surface area contributed by atoms with Crippen LogP contribution in [0.1, 0.15) is 57.1 Å². The topological polar surface area (TPSA) is 55.1 Å². The van der Waals surface area contributed by atoms with Crippen LogP contribution in [0.5, 0.6) is 0 Å². The first-order valence-corrected chi connectivity index (χ1v) is 7.98. The van der Waals surface area contributed by atoms with Crippen molar-refractivity contribution >= 4 is 18.3 Å². The highest BCUT2D eigenvalue weighted by atomic mass is 35.5. The van der Waals surface area contributed by atoms with E-state index < -0.39 is 5.54 Å². The van der Waals surface area contributed by atoms with Crippen LogP contribution in [0, 0.1) is 6.92 Å². The van der Waals surface area contributed by atoms with Crippen molar-refractivity contribution in [3.8, 4) is 0 Å². The Morgan fingerprint density at radius 1 is 1.18 bits per heavy atom. The van der Waals surface area contributed by atoms with Crippen molar-refractivity contribution in [1.29, 1.82) is 0 Å². The molecular formula is C18H29ClN2O. The molecule has 22 heavy (non-hydrogen) atoms. The van der Waals surface area contributed by atoms with E-state index in [1.54, 1.807) is 0 Å². The molecule has 0 aliphatic heterocycles. The molecule has 1 aromatic carbocycles. The number of amides is 1. The van der Waals surface area contributed by atoms with Crippen molar-refractivity contribution < 1.29 is 4.79 Å². The third-order valence-electron chi connectivity index (χ3n) is 4.72. The Hall–Kier alpha value is -1.06. The molecule has 0 aromatic heterocycles. The van der Waals surface area contributed by atoms with Crippen LogP contribution in [0.25, 0.3) is 0 Å². The summed E-state index contributed by atoms with van der Waals surface area (Å²) in [4.78, 5) is 12.4. The van der Waals surface area contributed by atoms with Gasteiger partial charge in [-0.05, 0) is 25.3 Å². The first-order chi connectivity index (χ1) is 9.83. The lowest BCUT2D eigenvalue weighted by atomic mass is 9.80. The van der Waals surface area contributed by atoms with E-state index in [2.05, 4.69) is 50.4 Å². The second-order valence-electron chi connectivity index (χ2n) is 7.15. The van der Waals surface area contributed by atoms with E-state index in [0.29, 0.717) is 6.54 Å². The summed E-state index contributed by atoms with van der Waals surface area (Å²) >= 11 is 0. The van der Waals surface area contributed by atoms with Gasteiger partial charge >= 0.3 is 0 Å². The van der Waals surface area contributed by atoms with E-state index in [0.717, 1.165) is 25.7 Å². The van der Waals surface area contributed by atoms with E-state index in [9.17, 15) is 4.79 Å². The van der Waals surface area contributed by atoms with Crippen LogP contribution in [-0.2, 0) is 10.2 Å². The van der Waals surface area contributed by atoms with Crippen molar-refractivity contribution in [2.45, 2.75) is 63.8 Å². The second kappa shape index (κ2) is 7.47. The zero-order valence-corrected chi connectivity index (χ0v) is 14.8. The monoisotopic (exact) mass is 324 g/mol. The van der Waals surface area contributed by atoms with Crippen LogP contribution in [0.2, 0.25) is 0 Å². The fourth-order valence-electron chi connectivity index (χ4n) is 2.99. The lowest BCUT2D eigenvalue weighted by molar-refractivity contribution is -0.127. The highest BCUT2D eigenvalue weighted by molar-refractivity contribution is 5.86. The van der Waals surface area contributed by atoms with Crippen molar-refractivity contribution in [2.75, 3.05) is 6.54 Å². The number of halogens is 1. The van der Waals surface area contributed by atoms with E-state index in [4.69, 9.17) is 5.73 Å². The van der Waals surface area contributed by atoms with Crippen LogP contribution in [-0.4, -0.2) is 18.0 Å². The predicted octanol–water partition coefficient (Wildman–Crippen LogP) is 3.47. The summed E-state index contributed by atoms with van der Waals surface area (Å²) < 4.78 is 0. The molecule has 0 atom stereocenters. The largest absolute Gasteiger partial charge is 0.354 e. The summed E-state index contributed by atoms with van der Waals surface area (Å²) in [6, 6.07) is 8.51. The Bertz CT molecular complexity index is 490. The summed E-state index contributed by atoms with van der Waals surface area (Å²) in [7, 11) is 0. The summed E-state index contributed by atoms with van der Waals surface area (Å²) in [6.45, 7) is 7.01. The number of hydrogen-bond acceptors (Lipinski definition) is 2. The first-order valence-electron chi connectivity index (χ1n) is 7.98. The summed E-state index contributed by atoms with van der Waals surface area (Å²) in [5, 5.41) is 3.08. The molecule has 0 bridgehead atoms. The number of nitrogens with two attached hydrogens (primary N) is 1. The van der Waals surface area contributed by atoms with Gasteiger partial charge in [-0.1, -0.05) is 62.9 Å². The lowest BCUT2D eigenvalue weighted by Gasteiger charge is -2.34. The van der Waals surface area contributed by atoms with Gasteiger partial charge in [-0.25, -0.2) is 0 Å². The van der Waals surface area contributed by atoms with Gasteiger partial charge in [0, 0.05) is 12.0 Å². The number of nitrogens with one attached hydrogen (secondary N) is 1. The normalized spacial score (nSPS) is 17.5. The average molecular weight is 325 g/mol. The molecule has 4 heteroatoms. The summed E-state index contributed by atoms with van der Waals surface area (Å²) in [6.07, 6.45) is 4.94. The number of carbonyl (C=O) groups excluding carboxylic acids is 1. The molecule has 2 rings (SSSR count). The van der Waals surface area contributed by atoms with E-state index in [-0.39, 0.29) is 23.7 Å². The van der Waals surface area contributed by atoms with Gasteiger partial charge in [0.05, 0.1) is 5.54 Å². The van der Waals surface area contributed by atoms with Gasteiger partial charge in [0.2, 0.25) is 5.91 Å². The van der Waals surface area contributed by atoms with Gasteiger partial charge in [0.25, 0.3) is 0 Å². The molecule has 124 valence electrons. The Morgan fingerprint density at radius 3 is 2.27 bits per heavy atom. The number of benzene rings is 1. The molecule has 0 heterocycles. The minimum atomic E-state index is -0.651. The average Bonchev–Trinajstić information content (AvgIpc) is 2.46. The molecule has 1 aromatic rings. The van der Waals surface area contributed by atoms with Crippen molar-refractivity contribution in [3.05, 3.63) is 35.4 Å². The Kier molecular flexibility index (Phi) is 6.45. The van der Waals surface area contributed by atoms with Crippen molar-refractivity contribution in [3.63, 3.8) is 0 Å². The molecular weight excluding hydrogens is 296 g/mol. The molecule has 0 radical (unpaired) electrons. The fourth-order valence-corrected chi connectivity index (χ4v) is 2.99. The van der Waals surface area contributed by atoms with Gasteiger partial charge in [-0.15, -0.1) is 12.4 Å². The SMILES string of the molecule is Cc1ccc(C(C)(C)CNC(=O)C2(N)CCCCC2)cc1.Cl. The Balaban J connectivity index is 0.00000242. The van der Waals surface area contributed by atoms with Crippen molar-refractivity contribution in [1.82, 2.24) is 5.32 Å². The summed E-state index contributed by atoms with van der Waals surface area (Å²) in [5.74, 6) is 0.0161. The van der Waals surface area contributed by atoms with E-state index >= 15 is 0 Å². The van der Waals surface area contributed by atoms with Crippen LogP contribution in [0.15, 0.2) is 24.3 Å². The Morgan fingerprint density at radius 2 is 1.73 bits per heavy atom. The highest BCUT2D eigenvalue weighted by Crippen LogP contribution is 2.27. The first kappa shape index (κ1) is 19.0. The Labute approximate surface area is 140 Å².